The number of carbonyl (C=O) groups excluding carboxylic acids is 2. The fourth-order valence-electron chi connectivity index (χ4n) is 3.42. The summed E-state index contributed by atoms with van der Waals surface area (Å²) in [5, 5.41) is 0. The number of ketones is 1. The highest BCUT2D eigenvalue weighted by Gasteiger charge is 2.39. The minimum atomic E-state index is -0.0640. The molecule has 19 heavy (non-hydrogen) atoms. The molecule has 1 saturated carbocycles. The second-order valence-electron chi connectivity index (χ2n) is 5.50. The molecule has 2 fully saturated rings. The number of hydrogen-bond donors (Lipinski definition) is 0. The van der Waals surface area contributed by atoms with E-state index in [1.54, 1.807) is 12.1 Å². The van der Waals surface area contributed by atoms with Gasteiger partial charge in [-0.2, -0.15) is 0 Å². The summed E-state index contributed by atoms with van der Waals surface area (Å²) in [6.45, 7) is 0.744. The smallest absolute Gasteiger partial charge is 0.289 e. The van der Waals surface area contributed by atoms with E-state index in [0.29, 0.717) is 18.0 Å². The van der Waals surface area contributed by atoms with Crippen molar-refractivity contribution in [1.29, 1.82) is 0 Å². The summed E-state index contributed by atoms with van der Waals surface area (Å²) in [7, 11) is 0. The number of nitrogens with zero attached hydrogens (tertiary/aromatic N) is 1. The number of amides is 1. The molecule has 1 aliphatic carbocycles. The van der Waals surface area contributed by atoms with E-state index < -0.39 is 0 Å². The maximum absolute atomic E-state index is 12.4. The van der Waals surface area contributed by atoms with Crippen LogP contribution in [0.3, 0.4) is 0 Å². The fraction of sp³-hybridized carbons (Fsp3) is 0.600. The summed E-state index contributed by atoms with van der Waals surface area (Å²) < 4.78 is 5.19. The van der Waals surface area contributed by atoms with Crippen LogP contribution < -0.4 is 0 Å². The van der Waals surface area contributed by atoms with Gasteiger partial charge < -0.3 is 9.32 Å². The van der Waals surface area contributed by atoms with Crippen LogP contribution in [-0.2, 0) is 4.79 Å². The SMILES string of the molecule is O=C1CCCCC1C1CCCN1C(=O)c1ccco1. The molecule has 102 valence electrons. The van der Waals surface area contributed by atoms with Gasteiger partial charge in [0.05, 0.1) is 6.26 Å². The zero-order valence-electron chi connectivity index (χ0n) is 11.0. The monoisotopic (exact) mass is 261 g/mol. The molecular weight excluding hydrogens is 242 g/mol. The van der Waals surface area contributed by atoms with Gasteiger partial charge in [-0.1, -0.05) is 6.42 Å². The predicted molar refractivity (Wildman–Crippen MR) is 69.7 cm³/mol. The Hall–Kier alpha value is -1.58. The van der Waals surface area contributed by atoms with Crippen molar-refractivity contribution in [1.82, 2.24) is 4.90 Å². The first-order valence-corrected chi connectivity index (χ1v) is 7.14. The van der Waals surface area contributed by atoms with Crippen molar-refractivity contribution in [3.05, 3.63) is 24.2 Å². The van der Waals surface area contributed by atoms with E-state index in [1.165, 1.54) is 6.26 Å². The number of rotatable bonds is 2. The molecule has 1 aromatic rings. The molecule has 1 aliphatic heterocycles. The Labute approximate surface area is 112 Å². The van der Waals surface area contributed by atoms with Crippen LogP contribution in [0.4, 0.5) is 0 Å². The Kier molecular flexibility index (Phi) is 3.40. The molecule has 1 amide bonds. The maximum Gasteiger partial charge on any atom is 0.289 e. The Morgan fingerprint density at radius 1 is 1.26 bits per heavy atom. The summed E-state index contributed by atoms with van der Waals surface area (Å²) in [6, 6.07) is 3.51. The van der Waals surface area contributed by atoms with Crippen molar-refractivity contribution in [2.24, 2.45) is 5.92 Å². The zero-order chi connectivity index (χ0) is 13.2. The van der Waals surface area contributed by atoms with Gasteiger partial charge in [0.2, 0.25) is 0 Å². The first-order valence-electron chi connectivity index (χ1n) is 7.14. The third-order valence-electron chi connectivity index (χ3n) is 4.36. The molecule has 3 rings (SSSR count). The molecule has 0 bridgehead atoms. The molecule has 4 heteroatoms. The van der Waals surface area contributed by atoms with Crippen LogP contribution in [0.15, 0.2) is 22.8 Å². The standard InChI is InChI=1S/C15H19NO3/c17-13-7-2-1-5-11(13)12-6-3-9-16(12)15(18)14-8-4-10-19-14/h4,8,10-12H,1-3,5-7,9H2. The van der Waals surface area contributed by atoms with Gasteiger partial charge in [-0.05, 0) is 37.8 Å². The average Bonchev–Trinajstić information content (AvgIpc) is 3.10. The predicted octanol–water partition coefficient (Wildman–Crippen LogP) is 2.64. The first kappa shape index (κ1) is 12.5. The molecule has 0 radical (unpaired) electrons. The average molecular weight is 261 g/mol. The molecule has 0 spiro atoms. The first-order chi connectivity index (χ1) is 9.27. The van der Waals surface area contributed by atoms with E-state index in [9.17, 15) is 9.59 Å². The Morgan fingerprint density at radius 2 is 2.16 bits per heavy atom. The van der Waals surface area contributed by atoms with Crippen LogP contribution in [0, 0.1) is 5.92 Å². The highest BCUT2D eigenvalue weighted by atomic mass is 16.3. The van der Waals surface area contributed by atoms with E-state index in [-0.39, 0.29) is 17.9 Å². The van der Waals surface area contributed by atoms with Gasteiger partial charge in [0.1, 0.15) is 5.78 Å². The van der Waals surface area contributed by atoms with Crippen molar-refractivity contribution >= 4 is 11.7 Å². The van der Waals surface area contributed by atoms with Crippen molar-refractivity contribution in [2.75, 3.05) is 6.54 Å². The highest BCUT2D eigenvalue weighted by Crippen LogP contribution is 2.33. The van der Waals surface area contributed by atoms with E-state index in [0.717, 1.165) is 38.6 Å². The zero-order valence-corrected chi connectivity index (χ0v) is 11.0. The molecule has 2 atom stereocenters. The van der Waals surface area contributed by atoms with Crippen molar-refractivity contribution in [3.8, 4) is 0 Å². The largest absolute Gasteiger partial charge is 0.459 e. The fourth-order valence-corrected chi connectivity index (χ4v) is 3.42. The van der Waals surface area contributed by atoms with E-state index >= 15 is 0 Å². The third kappa shape index (κ3) is 2.31. The highest BCUT2D eigenvalue weighted by molar-refractivity contribution is 5.92. The molecule has 2 unspecified atom stereocenters. The van der Waals surface area contributed by atoms with Crippen LogP contribution in [0.1, 0.15) is 49.1 Å². The summed E-state index contributed by atoms with van der Waals surface area (Å²) in [6.07, 6.45) is 7.19. The van der Waals surface area contributed by atoms with Crippen LogP contribution in [0.5, 0.6) is 0 Å². The lowest BCUT2D eigenvalue weighted by molar-refractivity contribution is -0.126. The molecule has 2 heterocycles. The van der Waals surface area contributed by atoms with Crippen LogP contribution in [-0.4, -0.2) is 29.2 Å². The lowest BCUT2D eigenvalue weighted by atomic mass is 9.82. The van der Waals surface area contributed by atoms with Crippen LogP contribution in [0.2, 0.25) is 0 Å². The summed E-state index contributed by atoms with van der Waals surface area (Å²) in [5.41, 5.74) is 0. The van der Waals surface area contributed by atoms with Crippen LogP contribution >= 0.6 is 0 Å². The number of hydrogen-bond acceptors (Lipinski definition) is 3. The molecule has 0 aromatic carbocycles. The Morgan fingerprint density at radius 3 is 2.89 bits per heavy atom. The summed E-state index contributed by atoms with van der Waals surface area (Å²) in [4.78, 5) is 26.3. The van der Waals surface area contributed by atoms with Gasteiger partial charge in [0.25, 0.3) is 5.91 Å². The number of carbonyl (C=O) groups is 2. The molecular formula is C15H19NO3. The van der Waals surface area contributed by atoms with Crippen LogP contribution in [0.25, 0.3) is 0 Å². The number of likely N-dealkylation sites (tertiary alicyclic amines) is 1. The number of Topliss-reactive ketones (excluding diaryl/α,β-unsaturated/α-hetero) is 1. The van der Waals surface area contributed by atoms with Crippen molar-refractivity contribution in [2.45, 2.75) is 44.6 Å². The van der Waals surface area contributed by atoms with Gasteiger partial charge >= 0.3 is 0 Å². The van der Waals surface area contributed by atoms with Gasteiger partial charge in [-0.3, -0.25) is 9.59 Å². The second-order valence-corrected chi connectivity index (χ2v) is 5.50. The van der Waals surface area contributed by atoms with E-state index in [1.807, 2.05) is 4.90 Å². The lowest BCUT2D eigenvalue weighted by Crippen LogP contribution is -2.43. The molecule has 1 aromatic heterocycles. The maximum atomic E-state index is 12.4. The third-order valence-corrected chi connectivity index (χ3v) is 4.36. The van der Waals surface area contributed by atoms with Gasteiger partial charge in [-0.15, -0.1) is 0 Å². The topological polar surface area (TPSA) is 50.5 Å². The minimum absolute atomic E-state index is 0.0511. The van der Waals surface area contributed by atoms with Crippen molar-refractivity contribution in [3.63, 3.8) is 0 Å². The molecule has 4 nitrogen and oxygen atoms in total. The van der Waals surface area contributed by atoms with E-state index in [4.69, 9.17) is 4.42 Å². The number of furan rings is 1. The van der Waals surface area contributed by atoms with E-state index in [2.05, 4.69) is 0 Å². The molecule has 2 aliphatic rings. The Balaban J connectivity index is 1.77. The summed E-state index contributed by atoms with van der Waals surface area (Å²) >= 11 is 0. The normalized spacial score (nSPS) is 27.8. The lowest BCUT2D eigenvalue weighted by Gasteiger charge is -2.32. The quantitative estimate of drug-likeness (QED) is 0.822. The minimum Gasteiger partial charge on any atom is -0.459 e. The molecule has 1 saturated heterocycles. The van der Waals surface area contributed by atoms with Gasteiger partial charge in [0, 0.05) is 24.9 Å². The van der Waals surface area contributed by atoms with Gasteiger partial charge in [0.15, 0.2) is 5.76 Å². The molecule has 0 N–H and O–H groups in total. The Bertz CT molecular complexity index is 466. The second kappa shape index (κ2) is 5.19. The summed E-state index contributed by atoms with van der Waals surface area (Å²) in [5.74, 6) is 0.714. The van der Waals surface area contributed by atoms with Crippen molar-refractivity contribution < 1.29 is 14.0 Å². The van der Waals surface area contributed by atoms with Gasteiger partial charge in [-0.25, -0.2) is 0 Å².